The summed E-state index contributed by atoms with van der Waals surface area (Å²) in [6, 6.07) is 0.848. The summed E-state index contributed by atoms with van der Waals surface area (Å²) >= 11 is 0. The van der Waals surface area contributed by atoms with Gasteiger partial charge < -0.3 is 14.9 Å². The van der Waals surface area contributed by atoms with Gasteiger partial charge in [0.05, 0.1) is 6.10 Å². The van der Waals surface area contributed by atoms with Crippen molar-refractivity contribution in [3.8, 4) is 0 Å². The molecular formula is C12H20N2O2. The number of urea groups is 1. The average molecular weight is 224 g/mol. The fraction of sp³-hybridized carbons (Fsp3) is 0.917. The molecule has 2 amide bonds. The van der Waals surface area contributed by atoms with E-state index in [1.165, 1.54) is 0 Å². The molecule has 0 radical (unpaired) electrons. The Labute approximate surface area is 96.2 Å². The minimum Gasteiger partial charge on any atom is -0.393 e. The Morgan fingerprint density at radius 2 is 1.62 bits per heavy atom. The number of rotatable bonds is 0. The minimum atomic E-state index is -0.180. The monoisotopic (exact) mass is 224 g/mol. The Hall–Kier alpha value is -0.770. The number of hydrogen-bond donors (Lipinski definition) is 1. The number of carbonyl (C=O) groups is 1. The Morgan fingerprint density at radius 3 is 2.19 bits per heavy atom. The molecule has 3 rings (SSSR count). The smallest absolute Gasteiger partial charge is 0.320 e. The van der Waals surface area contributed by atoms with E-state index in [4.69, 9.17) is 0 Å². The molecule has 0 saturated carbocycles. The third-order valence-electron chi connectivity index (χ3n) is 4.31. The van der Waals surface area contributed by atoms with E-state index in [2.05, 4.69) is 4.90 Å². The zero-order valence-electron chi connectivity index (χ0n) is 9.64. The number of aliphatic hydroxyl groups is 1. The summed E-state index contributed by atoms with van der Waals surface area (Å²) in [5.74, 6) is 0. The van der Waals surface area contributed by atoms with Crippen LogP contribution in [0.4, 0.5) is 4.79 Å². The fourth-order valence-corrected chi connectivity index (χ4v) is 3.53. The maximum atomic E-state index is 12.3. The summed E-state index contributed by atoms with van der Waals surface area (Å²) in [5.41, 5.74) is 0. The van der Waals surface area contributed by atoms with Crippen LogP contribution in [-0.2, 0) is 0 Å². The van der Waals surface area contributed by atoms with Crippen molar-refractivity contribution in [3.05, 3.63) is 0 Å². The van der Waals surface area contributed by atoms with E-state index in [1.54, 1.807) is 0 Å². The SMILES string of the molecule is O=C(N1CCCC1)N1C2CCC1CC(O)C2. The van der Waals surface area contributed by atoms with Crippen LogP contribution in [0.15, 0.2) is 0 Å². The molecule has 4 nitrogen and oxygen atoms in total. The highest BCUT2D eigenvalue weighted by atomic mass is 16.3. The highest BCUT2D eigenvalue weighted by Crippen LogP contribution is 2.36. The molecular weight excluding hydrogens is 204 g/mol. The lowest BCUT2D eigenvalue weighted by Gasteiger charge is -2.39. The first-order chi connectivity index (χ1) is 7.75. The predicted octanol–water partition coefficient (Wildman–Crippen LogP) is 1.19. The summed E-state index contributed by atoms with van der Waals surface area (Å²) in [4.78, 5) is 16.4. The van der Waals surface area contributed by atoms with E-state index in [9.17, 15) is 9.90 Å². The lowest BCUT2D eigenvalue weighted by atomic mass is 10.0. The zero-order chi connectivity index (χ0) is 11.1. The molecule has 3 heterocycles. The second kappa shape index (κ2) is 3.91. The summed E-state index contributed by atoms with van der Waals surface area (Å²) in [6.45, 7) is 1.86. The summed E-state index contributed by atoms with van der Waals surface area (Å²) < 4.78 is 0. The van der Waals surface area contributed by atoms with Crippen molar-refractivity contribution in [3.63, 3.8) is 0 Å². The van der Waals surface area contributed by atoms with Gasteiger partial charge in [0.15, 0.2) is 0 Å². The Morgan fingerprint density at radius 1 is 1.06 bits per heavy atom. The number of amides is 2. The molecule has 0 aromatic rings. The maximum Gasteiger partial charge on any atom is 0.320 e. The molecule has 3 aliphatic heterocycles. The van der Waals surface area contributed by atoms with Crippen LogP contribution in [-0.4, -0.2) is 52.2 Å². The van der Waals surface area contributed by atoms with Crippen LogP contribution in [0.3, 0.4) is 0 Å². The normalized spacial score (nSPS) is 38.2. The summed E-state index contributed by atoms with van der Waals surface area (Å²) in [7, 11) is 0. The summed E-state index contributed by atoms with van der Waals surface area (Å²) in [5, 5.41) is 9.70. The molecule has 1 N–H and O–H groups in total. The quantitative estimate of drug-likeness (QED) is 0.671. The van der Waals surface area contributed by atoms with Crippen LogP contribution in [0.2, 0.25) is 0 Å². The van der Waals surface area contributed by atoms with Crippen molar-refractivity contribution in [2.24, 2.45) is 0 Å². The van der Waals surface area contributed by atoms with Gasteiger partial charge in [-0.05, 0) is 38.5 Å². The fourth-order valence-electron chi connectivity index (χ4n) is 3.53. The van der Waals surface area contributed by atoms with Crippen molar-refractivity contribution in [2.45, 2.75) is 56.7 Å². The summed E-state index contributed by atoms with van der Waals surface area (Å²) in [6.07, 6.45) is 5.87. The molecule has 3 fully saturated rings. The van der Waals surface area contributed by atoms with Gasteiger partial charge in [-0.1, -0.05) is 0 Å². The molecule has 2 atom stereocenters. The molecule has 90 valence electrons. The van der Waals surface area contributed by atoms with Gasteiger partial charge in [-0.25, -0.2) is 4.79 Å². The molecule has 4 heteroatoms. The topological polar surface area (TPSA) is 43.8 Å². The third-order valence-corrected chi connectivity index (χ3v) is 4.31. The lowest BCUT2D eigenvalue weighted by Crippen LogP contribution is -2.52. The molecule has 2 unspecified atom stereocenters. The Balaban J connectivity index is 1.72. The second-order valence-corrected chi connectivity index (χ2v) is 5.39. The average Bonchev–Trinajstić information content (AvgIpc) is 2.85. The van der Waals surface area contributed by atoms with Gasteiger partial charge in [0, 0.05) is 25.2 Å². The molecule has 2 bridgehead atoms. The van der Waals surface area contributed by atoms with E-state index in [1.807, 2.05) is 4.90 Å². The molecule has 3 aliphatic rings. The van der Waals surface area contributed by atoms with Gasteiger partial charge in [0.25, 0.3) is 0 Å². The van der Waals surface area contributed by atoms with Crippen molar-refractivity contribution in [1.82, 2.24) is 9.80 Å². The third kappa shape index (κ3) is 1.59. The molecule has 0 spiro atoms. The van der Waals surface area contributed by atoms with E-state index < -0.39 is 0 Å². The zero-order valence-corrected chi connectivity index (χ0v) is 9.64. The molecule has 0 aromatic carbocycles. The van der Waals surface area contributed by atoms with Gasteiger partial charge in [0.1, 0.15) is 0 Å². The number of fused-ring (bicyclic) bond motifs is 2. The van der Waals surface area contributed by atoms with Crippen LogP contribution >= 0.6 is 0 Å². The standard InChI is InChI=1S/C12H20N2O2/c15-11-7-9-3-4-10(8-11)14(9)12(16)13-5-1-2-6-13/h9-11,15H,1-8H2. The van der Waals surface area contributed by atoms with Crippen molar-refractivity contribution >= 4 is 6.03 Å². The molecule has 0 aromatic heterocycles. The van der Waals surface area contributed by atoms with Gasteiger partial charge in [0.2, 0.25) is 0 Å². The van der Waals surface area contributed by atoms with Gasteiger partial charge in [-0.2, -0.15) is 0 Å². The number of piperidine rings is 1. The highest BCUT2D eigenvalue weighted by Gasteiger charge is 2.44. The van der Waals surface area contributed by atoms with Crippen molar-refractivity contribution in [1.29, 1.82) is 0 Å². The van der Waals surface area contributed by atoms with Gasteiger partial charge >= 0.3 is 6.03 Å². The Bertz CT molecular complexity index is 275. The lowest BCUT2D eigenvalue weighted by molar-refractivity contribution is 0.0449. The van der Waals surface area contributed by atoms with Crippen LogP contribution < -0.4 is 0 Å². The van der Waals surface area contributed by atoms with Crippen LogP contribution in [0.25, 0.3) is 0 Å². The maximum absolute atomic E-state index is 12.3. The van der Waals surface area contributed by atoms with E-state index in [0.29, 0.717) is 12.1 Å². The number of aliphatic hydroxyl groups excluding tert-OH is 1. The van der Waals surface area contributed by atoms with Crippen LogP contribution in [0.1, 0.15) is 38.5 Å². The van der Waals surface area contributed by atoms with Crippen LogP contribution in [0.5, 0.6) is 0 Å². The second-order valence-electron chi connectivity index (χ2n) is 5.39. The van der Waals surface area contributed by atoms with Gasteiger partial charge in [-0.3, -0.25) is 0 Å². The number of nitrogens with zero attached hydrogens (tertiary/aromatic N) is 2. The van der Waals surface area contributed by atoms with Gasteiger partial charge in [-0.15, -0.1) is 0 Å². The first kappa shape index (κ1) is 10.4. The van der Waals surface area contributed by atoms with Crippen molar-refractivity contribution in [2.75, 3.05) is 13.1 Å². The molecule has 16 heavy (non-hydrogen) atoms. The first-order valence-corrected chi connectivity index (χ1v) is 6.51. The molecule has 0 aliphatic carbocycles. The van der Waals surface area contributed by atoms with E-state index in [0.717, 1.165) is 51.6 Å². The van der Waals surface area contributed by atoms with Crippen LogP contribution in [0, 0.1) is 0 Å². The van der Waals surface area contributed by atoms with E-state index >= 15 is 0 Å². The number of likely N-dealkylation sites (tertiary alicyclic amines) is 1. The molecule has 3 saturated heterocycles. The largest absolute Gasteiger partial charge is 0.393 e. The first-order valence-electron chi connectivity index (χ1n) is 6.51. The number of hydrogen-bond acceptors (Lipinski definition) is 2. The minimum absolute atomic E-state index is 0.180. The highest BCUT2D eigenvalue weighted by molar-refractivity contribution is 5.76. The predicted molar refractivity (Wildman–Crippen MR) is 60.1 cm³/mol. The Kier molecular flexibility index (Phi) is 2.54. The van der Waals surface area contributed by atoms with Crippen molar-refractivity contribution < 1.29 is 9.90 Å². The number of carbonyl (C=O) groups excluding carboxylic acids is 1. The van der Waals surface area contributed by atoms with E-state index in [-0.39, 0.29) is 12.1 Å².